The number of ether oxygens (including phenoxy) is 1. The number of hydrogen-bond donors (Lipinski definition) is 0. The molecule has 0 fully saturated rings. The van der Waals surface area contributed by atoms with E-state index in [0.717, 1.165) is 16.5 Å². The van der Waals surface area contributed by atoms with E-state index in [9.17, 15) is 4.79 Å². The van der Waals surface area contributed by atoms with Crippen LogP contribution in [0.3, 0.4) is 0 Å². The predicted octanol–water partition coefficient (Wildman–Crippen LogP) is 2.66. The minimum absolute atomic E-state index is 0.00547. The summed E-state index contributed by atoms with van der Waals surface area (Å²) < 4.78 is 4.48. The molecule has 0 spiro atoms. The Morgan fingerprint density at radius 1 is 1.50 bits per heavy atom. The third-order valence-electron chi connectivity index (χ3n) is 1.97. The van der Waals surface area contributed by atoms with Gasteiger partial charge in [0.2, 0.25) is 0 Å². The van der Waals surface area contributed by atoms with Gasteiger partial charge < -0.3 is 4.74 Å². The van der Waals surface area contributed by atoms with Crippen LogP contribution >= 0.6 is 15.9 Å². The molecule has 82 valence electrons. The van der Waals surface area contributed by atoms with Crippen molar-refractivity contribution in [3.63, 3.8) is 0 Å². The molecule has 0 bridgehead atoms. The first-order chi connectivity index (χ1) is 7.71. The van der Waals surface area contributed by atoms with Gasteiger partial charge in [0.1, 0.15) is 11.6 Å². The molecule has 3 nitrogen and oxygen atoms in total. The van der Waals surface area contributed by atoms with Gasteiger partial charge in [-0.15, -0.1) is 0 Å². The lowest BCUT2D eigenvalue weighted by Crippen LogP contribution is -2.02. The molecule has 16 heavy (non-hydrogen) atoms. The number of hydrogen-bond acceptors (Lipinski definition) is 3. The molecule has 1 aromatic rings. The Hall–Kier alpha value is -1.60. The Balaban J connectivity index is 2.96. The fourth-order valence-corrected chi connectivity index (χ4v) is 1.49. The van der Waals surface area contributed by atoms with Gasteiger partial charge in [0, 0.05) is 5.33 Å². The molecule has 0 aliphatic heterocycles. The molecule has 0 N–H and O–H groups in total. The SMILES string of the molecule is COC(=O)/C(C#N)=C/c1ccc(CBr)cc1. The van der Waals surface area contributed by atoms with Crippen LogP contribution in [0, 0.1) is 11.3 Å². The Labute approximate surface area is 102 Å². The monoisotopic (exact) mass is 279 g/mol. The number of carbonyl (C=O) groups is 1. The summed E-state index contributed by atoms with van der Waals surface area (Å²) in [6.45, 7) is 0. The van der Waals surface area contributed by atoms with Gasteiger partial charge in [0.05, 0.1) is 7.11 Å². The first-order valence-electron chi connectivity index (χ1n) is 4.56. The van der Waals surface area contributed by atoms with E-state index in [0.29, 0.717) is 0 Å². The summed E-state index contributed by atoms with van der Waals surface area (Å²) in [4.78, 5) is 11.1. The van der Waals surface area contributed by atoms with Gasteiger partial charge in [-0.2, -0.15) is 5.26 Å². The largest absolute Gasteiger partial charge is 0.465 e. The summed E-state index contributed by atoms with van der Waals surface area (Å²) in [5.41, 5.74) is 1.93. The van der Waals surface area contributed by atoms with E-state index in [2.05, 4.69) is 20.7 Å². The summed E-state index contributed by atoms with van der Waals surface area (Å²) in [6, 6.07) is 9.34. The van der Waals surface area contributed by atoms with Crippen molar-refractivity contribution < 1.29 is 9.53 Å². The van der Waals surface area contributed by atoms with Gasteiger partial charge in [-0.05, 0) is 17.2 Å². The molecule has 0 saturated heterocycles. The van der Waals surface area contributed by atoms with Gasteiger partial charge >= 0.3 is 5.97 Å². The fourth-order valence-electron chi connectivity index (χ4n) is 1.12. The summed E-state index contributed by atoms with van der Waals surface area (Å²) in [6.07, 6.45) is 1.50. The van der Waals surface area contributed by atoms with Crippen molar-refractivity contribution in [2.75, 3.05) is 7.11 Å². The number of rotatable bonds is 3. The standard InChI is InChI=1S/C12H10BrNO2/c1-16-12(15)11(8-14)6-9-2-4-10(7-13)5-3-9/h2-6H,7H2,1H3/b11-6+. The van der Waals surface area contributed by atoms with Crippen molar-refractivity contribution in [1.82, 2.24) is 0 Å². The van der Waals surface area contributed by atoms with Crippen molar-refractivity contribution >= 4 is 28.0 Å². The zero-order valence-corrected chi connectivity index (χ0v) is 10.3. The highest BCUT2D eigenvalue weighted by atomic mass is 79.9. The highest BCUT2D eigenvalue weighted by molar-refractivity contribution is 9.08. The van der Waals surface area contributed by atoms with Crippen molar-refractivity contribution in [1.29, 1.82) is 5.26 Å². The molecule has 0 aromatic heterocycles. The molecular formula is C12H10BrNO2. The van der Waals surface area contributed by atoms with Crippen molar-refractivity contribution in [2.45, 2.75) is 5.33 Å². The lowest BCUT2D eigenvalue weighted by Gasteiger charge is -1.98. The molecule has 1 aromatic carbocycles. The van der Waals surface area contributed by atoms with Crippen molar-refractivity contribution in [3.05, 3.63) is 41.0 Å². The van der Waals surface area contributed by atoms with Gasteiger partial charge in [0.15, 0.2) is 0 Å². The van der Waals surface area contributed by atoms with E-state index in [1.54, 1.807) is 0 Å². The molecule has 0 aliphatic rings. The minimum atomic E-state index is -0.618. The molecular weight excluding hydrogens is 270 g/mol. The van der Waals surface area contributed by atoms with Crippen LogP contribution in [0.1, 0.15) is 11.1 Å². The topological polar surface area (TPSA) is 50.1 Å². The fraction of sp³-hybridized carbons (Fsp3) is 0.167. The van der Waals surface area contributed by atoms with Crippen LogP contribution < -0.4 is 0 Å². The molecule has 1 rings (SSSR count). The number of esters is 1. The average Bonchev–Trinajstić information content (AvgIpc) is 2.35. The maximum absolute atomic E-state index is 11.1. The second-order valence-electron chi connectivity index (χ2n) is 3.04. The number of nitrogens with zero attached hydrogens (tertiary/aromatic N) is 1. The Bertz CT molecular complexity index is 443. The van der Waals surface area contributed by atoms with E-state index in [1.165, 1.54) is 13.2 Å². The number of nitriles is 1. The van der Waals surface area contributed by atoms with Crippen LogP contribution in [0.4, 0.5) is 0 Å². The molecule has 0 amide bonds. The predicted molar refractivity (Wildman–Crippen MR) is 64.7 cm³/mol. The number of methoxy groups -OCH3 is 1. The Kier molecular flexibility index (Phi) is 4.74. The van der Waals surface area contributed by atoms with Gasteiger partial charge in [-0.3, -0.25) is 0 Å². The third kappa shape index (κ3) is 3.21. The zero-order valence-electron chi connectivity index (χ0n) is 8.74. The van der Waals surface area contributed by atoms with Crippen LogP contribution in [0.25, 0.3) is 6.08 Å². The van der Waals surface area contributed by atoms with Gasteiger partial charge in [0.25, 0.3) is 0 Å². The van der Waals surface area contributed by atoms with Crippen LogP contribution in [-0.2, 0) is 14.9 Å². The second-order valence-corrected chi connectivity index (χ2v) is 3.60. The smallest absolute Gasteiger partial charge is 0.348 e. The van der Waals surface area contributed by atoms with Crippen molar-refractivity contribution in [3.8, 4) is 6.07 Å². The maximum Gasteiger partial charge on any atom is 0.348 e. The van der Waals surface area contributed by atoms with Crippen molar-refractivity contribution in [2.24, 2.45) is 0 Å². The van der Waals surface area contributed by atoms with Crippen LogP contribution in [-0.4, -0.2) is 13.1 Å². The number of halogens is 1. The third-order valence-corrected chi connectivity index (χ3v) is 2.62. The lowest BCUT2D eigenvalue weighted by molar-refractivity contribution is -0.135. The molecule has 0 radical (unpaired) electrons. The van der Waals surface area contributed by atoms with Gasteiger partial charge in [-0.1, -0.05) is 40.2 Å². The average molecular weight is 280 g/mol. The number of alkyl halides is 1. The van der Waals surface area contributed by atoms with Crippen LogP contribution in [0.2, 0.25) is 0 Å². The second kappa shape index (κ2) is 6.09. The van der Waals surface area contributed by atoms with Crippen LogP contribution in [0.5, 0.6) is 0 Å². The molecule has 0 saturated carbocycles. The first kappa shape index (κ1) is 12.5. The molecule has 0 aliphatic carbocycles. The summed E-state index contributed by atoms with van der Waals surface area (Å²) in [5, 5.41) is 9.54. The first-order valence-corrected chi connectivity index (χ1v) is 5.68. The highest BCUT2D eigenvalue weighted by Gasteiger charge is 2.07. The van der Waals surface area contributed by atoms with Crippen LogP contribution in [0.15, 0.2) is 29.8 Å². The number of benzene rings is 1. The molecule has 0 atom stereocenters. The molecule has 0 unspecified atom stereocenters. The van der Waals surface area contributed by atoms with Gasteiger partial charge in [-0.25, -0.2) is 4.79 Å². The van der Waals surface area contributed by atoms with E-state index in [-0.39, 0.29) is 5.57 Å². The Morgan fingerprint density at radius 3 is 2.56 bits per heavy atom. The Morgan fingerprint density at radius 2 is 2.12 bits per heavy atom. The zero-order chi connectivity index (χ0) is 12.0. The maximum atomic E-state index is 11.1. The van der Waals surface area contributed by atoms with E-state index in [1.807, 2.05) is 30.3 Å². The quantitative estimate of drug-likeness (QED) is 0.370. The summed E-state index contributed by atoms with van der Waals surface area (Å²) in [5.74, 6) is -0.618. The molecule has 4 heteroatoms. The normalized spacial score (nSPS) is 10.7. The minimum Gasteiger partial charge on any atom is -0.465 e. The summed E-state index contributed by atoms with van der Waals surface area (Å²) in [7, 11) is 1.25. The van der Waals surface area contributed by atoms with E-state index in [4.69, 9.17) is 5.26 Å². The molecule has 0 heterocycles. The summed E-state index contributed by atoms with van der Waals surface area (Å²) >= 11 is 3.34. The highest BCUT2D eigenvalue weighted by Crippen LogP contribution is 2.11. The van der Waals surface area contributed by atoms with E-state index < -0.39 is 5.97 Å². The number of carbonyl (C=O) groups excluding carboxylic acids is 1. The lowest BCUT2D eigenvalue weighted by atomic mass is 10.1. The van der Waals surface area contributed by atoms with E-state index >= 15 is 0 Å².